The standard InChI is InChI=1S/C18H17NO2S/c1-20-15-10-12-5-7-19-8-6-13(17-4-3-9-22-17)18(19)14(12)11-16(15)21-2/h3-4,6,8-11H,5,7H2,1-2H3. The molecule has 22 heavy (non-hydrogen) atoms. The highest BCUT2D eigenvalue weighted by Gasteiger charge is 2.23. The number of methoxy groups -OCH3 is 2. The van der Waals surface area contributed by atoms with Crippen molar-refractivity contribution in [1.82, 2.24) is 4.57 Å². The van der Waals surface area contributed by atoms with Crippen molar-refractivity contribution in [2.45, 2.75) is 13.0 Å². The smallest absolute Gasteiger partial charge is 0.161 e. The number of thiophene rings is 1. The number of hydrogen-bond donors (Lipinski definition) is 0. The van der Waals surface area contributed by atoms with Gasteiger partial charge in [0.2, 0.25) is 0 Å². The van der Waals surface area contributed by atoms with Crippen LogP contribution in [0, 0.1) is 0 Å². The predicted molar refractivity (Wildman–Crippen MR) is 90.0 cm³/mol. The molecular weight excluding hydrogens is 294 g/mol. The molecule has 0 saturated carbocycles. The number of ether oxygens (including phenoxy) is 2. The van der Waals surface area contributed by atoms with Gasteiger partial charge in [-0.15, -0.1) is 11.3 Å². The molecule has 0 bridgehead atoms. The third-order valence-electron chi connectivity index (χ3n) is 4.24. The fourth-order valence-electron chi connectivity index (χ4n) is 3.18. The van der Waals surface area contributed by atoms with Crippen LogP contribution >= 0.6 is 11.3 Å². The average molecular weight is 311 g/mol. The summed E-state index contributed by atoms with van der Waals surface area (Å²) in [6.45, 7) is 1.00. The first-order chi connectivity index (χ1) is 10.8. The minimum absolute atomic E-state index is 0.785. The molecule has 0 spiro atoms. The fourth-order valence-corrected chi connectivity index (χ4v) is 3.93. The van der Waals surface area contributed by atoms with Crippen molar-refractivity contribution in [1.29, 1.82) is 0 Å². The Hall–Kier alpha value is -2.20. The molecule has 3 heterocycles. The first-order valence-electron chi connectivity index (χ1n) is 7.30. The van der Waals surface area contributed by atoms with Gasteiger partial charge in [0.1, 0.15) is 0 Å². The Bertz CT molecular complexity index is 818. The van der Waals surface area contributed by atoms with Crippen LogP contribution in [0.4, 0.5) is 0 Å². The number of hydrogen-bond acceptors (Lipinski definition) is 3. The van der Waals surface area contributed by atoms with E-state index in [9.17, 15) is 0 Å². The predicted octanol–water partition coefficient (Wildman–Crippen LogP) is 4.46. The highest BCUT2D eigenvalue weighted by atomic mass is 32.1. The molecule has 1 aromatic carbocycles. The van der Waals surface area contributed by atoms with E-state index in [1.807, 2.05) is 0 Å². The number of fused-ring (bicyclic) bond motifs is 3. The lowest BCUT2D eigenvalue weighted by molar-refractivity contribution is 0.354. The highest BCUT2D eigenvalue weighted by molar-refractivity contribution is 7.13. The van der Waals surface area contributed by atoms with Gasteiger partial charge in [0.15, 0.2) is 11.5 Å². The minimum Gasteiger partial charge on any atom is -0.493 e. The van der Waals surface area contributed by atoms with E-state index in [4.69, 9.17) is 9.47 Å². The molecule has 0 unspecified atom stereocenters. The molecule has 2 aromatic heterocycles. The average Bonchev–Trinajstić information content (AvgIpc) is 3.21. The minimum atomic E-state index is 0.785. The molecular formula is C18H17NO2S. The zero-order valence-electron chi connectivity index (χ0n) is 12.6. The number of rotatable bonds is 3. The molecule has 112 valence electrons. The van der Waals surface area contributed by atoms with Crippen molar-refractivity contribution < 1.29 is 9.47 Å². The van der Waals surface area contributed by atoms with Crippen LogP contribution in [0.3, 0.4) is 0 Å². The third-order valence-corrected chi connectivity index (χ3v) is 5.14. The van der Waals surface area contributed by atoms with Crippen molar-refractivity contribution in [3.05, 3.63) is 47.5 Å². The van der Waals surface area contributed by atoms with Gasteiger partial charge in [0, 0.05) is 28.7 Å². The summed E-state index contributed by atoms with van der Waals surface area (Å²) in [6, 6.07) is 10.7. The van der Waals surface area contributed by atoms with Crippen molar-refractivity contribution in [3.8, 4) is 33.2 Å². The molecule has 1 aliphatic rings. The molecule has 0 N–H and O–H groups in total. The summed E-state index contributed by atoms with van der Waals surface area (Å²) < 4.78 is 13.3. The molecule has 4 heteroatoms. The largest absolute Gasteiger partial charge is 0.493 e. The maximum absolute atomic E-state index is 5.49. The monoisotopic (exact) mass is 311 g/mol. The van der Waals surface area contributed by atoms with Gasteiger partial charge in [-0.1, -0.05) is 6.07 Å². The van der Waals surface area contributed by atoms with Gasteiger partial charge in [-0.3, -0.25) is 0 Å². The van der Waals surface area contributed by atoms with Gasteiger partial charge in [-0.2, -0.15) is 0 Å². The van der Waals surface area contributed by atoms with Gasteiger partial charge in [0.25, 0.3) is 0 Å². The summed E-state index contributed by atoms with van der Waals surface area (Å²) in [4.78, 5) is 1.30. The van der Waals surface area contributed by atoms with Crippen LogP contribution in [0.5, 0.6) is 11.5 Å². The maximum Gasteiger partial charge on any atom is 0.161 e. The first kappa shape index (κ1) is 13.5. The van der Waals surface area contributed by atoms with E-state index in [1.54, 1.807) is 25.6 Å². The van der Waals surface area contributed by atoms with Crippen molar-refractivity contribution >= 4 is 11.3 Å². The molecule has 3 aromatic rings. The number of nitrogens with zero attached hydrogens (tertiary/aromatic N) is 1. The van der Waals surface area contributed by atoms with Crippen molar-refractivity contribution in [2.75, 3.05) is 14.2 Å². The van der Waals surface area contributed by atoms with E-state index in [0.717, 1.165) is 24.5 Å². The first-order valence-corrected chi connectivity index (χ1v) is 8.18. The summed E-state index contributed by atoms with van der Waals surface area (Å²) in [5.41, 5.74) is 5.15. The van der Waals surface area contributed by atoms with Crippen molar-refractivity contribution in [2.24, 2.45) is 0 Å². The summed E-state index contributed by atoms with van der Waals surface area (Å²) in [7, 11) is 3.37. The topological polar surface area (TPSA) is 23.4 Å². The lowest BCUT2D eigenvalue weighted by Crippen LogP contribution is -2.10. The summed E-state index contributed by atoms with van der Waals surface area (Å²) in [6.07, 6.45) is 3.20. The van der Waals surface area contributed by atoms with Gasteiger partial charge in [-0.25, -0.2) is 0 Å². The lowest BCUT2D eigenvalue weighted by Gasteiger charge is -2.22. The maximum atomic E-state index is 5.49. The van der Waals surface area contributed by atoms with Crippen LogP contribution in [-0.4, -0.2) is 18.8 Å². The van der Waals surface area contributed by atoms with Crippen molar-refractivity contribution in [3.63, 3.8) is 0 Å². The molecule has 0 amide bonds. The van der Waals surface area contributed by atoms with Crippen LogP contribution in [0.2, 0.25) is 0 Å². The summed E-state index contributed by atoms with van der Waals surface area (Å²) >= 11 is 1.78. The zero-order valence-corrected chi connectivity index (χ0v) is 13.4. The number of benzene rings is 1. The van der Waals surface area contributed by atoms with Crippen LogP contribution in [0.25, 0.3) is 21.7 Å². The van der Waals surface area contributed by atoms with Gasteiger partial charge < -0.3 is 14.0 Å². The molecule has 0 saturated heterocycles. The zero-order chi connectivity index (χ0) is 15.1. The second-order valence-electron chi connectivity index (χ2n) is 5.36. The lowest BCUT2D eigenvalue weighted by atomic mass is 9.95. The van der Waals surface area contributed by atoms with E-state index in [1.165, 1.54) is 27.3 Å². The summed E-state index contributed by atoms with van der Waals surface area (Å²) in [5.74, 6) is 1.59. The SMILES string of the molecule is COc1cc2c(cc1OC)-c1c(-c3cccs3)ccn1CC2. The van der Waals surface area contributed by atoms with Crippen LogP contribution in [-0.2, 0) is 13.0 Å². The third kappa shape index (κ3) is 1.95. The van der Waals surface area contributed by atoms with Crippen LogP contribution < -0.4 is 9.47 Å². The molecule has 0 fully saturated rings. The number of aryl methyl sites for hydroxylation is 2. The summed E-state index contributed by atoms with van der Waals surface area (Å²) in [5, 5.41) is 2.12. The van der Waals surface area contributed by atoms with E-state index >= 15 is 0 Å². The second-order valence-corrected chi connectivity index (χ2v) is 6.31. The fraction of sp³-hybridized carbons (Fsp3) is 0.222. The van der Waals surface area contributed by atoms with E-state index in [0.29, 0.717) is 0 Å². The Morgan fingerprint density at radius 3 is 2.59 bits per heavy atom. The molecule has 0 radical (unpaired) electrons. The van der Waals surface area contributed by atoms with Gasteiger partial charge >= 0.3 is 0 Å². The normalized spacial score (nSPS) is 12.6. The highest BCUT2D eigenvalue weighted by Crippen LogP contribution is 2.43. The Morgan fingerprint density at radius 1 is 1.05 bits per heavy atom. The van der Waals surface area contributed by atoms with Gasteiger partial charge in [-0.05, 0) is 41.6 Å². The molecule has 3 nitrogen and oxygen atoms in total. The molecule has 0 aliphatic carbocycles. The Labute approximate surface area is 133 Å². The number of aromatic nitrogens is 1. The second kappa shape index (κ2) is 5.21. The van der Waals surface area contributed by atoms with E-state index in [2.05, 4.69) is 46.5 Å². The van der Waals surface area contributed by atoms with Crippen LogP contribution in [0.15, 0.2) is 41.9 Å². The van der Waals surface area contributed by atoms with Gasteiger partial charge in [0.05, 0.1) is 19.9 Å². The molecule has 1 aliphatic heterocycles. The van der Waals surface area contributed by atoms with Crippen LogP contribution in [0.1, 0.15) is 5.56 Å². The molecule has 4 rings (SSSR count). The Kier molecular flexibility index (Phi) is 3.19. The van der Waals surface area contributed by atoms with E-state index in [-0.39, 0.29) is 0 Å². The quantitative estimate of drug-likeness (QED) is 0.713. The molecule has 0 atom stereocenters. The Balaban J connectivity index is 1.95. The van der Waals surface area contributed by atoms with E-state index < -0.39 is 0 Å². The Morgan fingerprint density at radius 2 is 1.86 bits per heavy atom.